The van der Waals surface area contributed by atoms with Crippen LogP contribution < -0.4 is 0 Å². The van der Waals surface area contributed by atoms with Gasteiger partial charge < -0.3 is 0 Å². The van der Waals surface area contributed by atoms with Crippen molar-refractivity contribution in [1.82, 2.24) is 24.9 Å². The fourth-order valence-corrected chi connectivity index (χ4v) is 16.1. The van der Waals surface area contributed by atoms with Gasteiger partial charge in [-0.25, -0.2) is 42.1 Å². The molecule has 0 bridgehead atoms. The van der Waals surface area contributed by atoms with Crippen molar-refractivity contribution in [3.8, 4) is 22.4 Å². The van der Waals surface area contributed by atoms with E-state index >= 15 is 0 Å². The maximum absolute atomic E-state index is 13.6. The van der Waals surface area contributed by atoms with Crippen molar-refractivity contribution < 1.29 is 68.4 Å². The van der Waals surface area contributed by atoms with E-state index in [4.69, 9.17) is 11.6 Å². The zero-order chi connectivity index (χ0) is 73.0. The minimum Gasteiger partial charge on any atom is -0.259 e. The Kier molecular flexibility index (Phi) is 29.2. The Bertz CT molecular complexity index is 4350. The van der Waals surface area contributed by atoms with Gasteiger partial charge in [-0.15, -0.1) is 0 Å². The number of nitrogens with zero attached hydrogens (tertiary/aromatic N) is 5. The molecule has 0 spiro atoms. The quantitative estimate of drug-likeness (QED) is 0.0726. The van der Waals surface area contributed by atoms with Gasteiger partial charge in [-0.05, 0) is 142 Å². The van der Waals surface area contributed by atoms with Gasteiger partial charge in [0.1, 0.15) is 0 Å². The van der Waals surface area contributed by atoms with E-state index in [0.717, 1.165) is 53.3 Å². The van der Waals surface area contributed by atoms with Crippen LogP contribution in [0.15, 0.2) is 133 Å². The number of rotatable bonds is 18. The average Bonchev–Trinajstić information content (AvgIpc) is 1.23. The first kappa shape index (κ1) is 82.7. The highest BCUT2D eigenvalue weighted by Gasteiger charge is 2.39. The second-order valence-electron chi connectivity index (χ2n) is 24.1. The van der Waals surface area contributed by atoms with E-state index < -0.39 is 100 Å². The van der Waals surface area contributed by atoms with Crippen LogP contribution >= 0.6 is 27.5 Å². The van der Waals surface area contributed by atoms with Gasteiger partial charge in [0.25, 0.3) is 0 Å². The third-order valence-corrected chi connectivity index (χ3v) is 24.4. The van der Waals surface area contributed by atoms with Crippen molar-refractivity contribution in [1.29, 1.82) is 0 Å². The van der Waals surface area contributed by atoms with E-state index in [1.807, 2.05) is 86.7 Å². The predicted octanol–water partition coefficient (Wildman–Crippen LogP) is 18.0. The maximum Gasteiger partial charge on any atom is 0.418 e. The number of benzene rings is 2. The minimum atomic E-state index is -5.01. The van der Waals surface area contributed by atoms with Crippen LogP contribution in [0.25, 0.3) is 22.4 Å². The number of aromatic nitrogens is 5. The van der Waals surface area contributed by atoms with Crippen LogP contribution in [0.3, 0.4) is 0 Å². The molecule has 5 heterocycles. The van der Waals surface area contributed by atoms with E-state index in [0.29, 0.717) is 69.9 Å². The second-order valence-corrected chi connectivity index (χ2v) is 36.7. The molecule has 5 aromatic heterocycles. The topological polar surface area (TPSA) is 235 Å². The Balaban J connectivity index is 0.000000261. The summed E-state index contributed by atoms with van der Waals surface area (Å²) in [7, 11) is -16.8. The molecule has 15 nitrogen and oxygen atoms in total. The molecule has 96 heavy (non-hydrogen) atoms. The third kappa shape index (κ3) is 22.1. The van der Waals surface area contributed by atoms with Crippen molar-refractivity contribution in [3.63, 3.8) is 0 Å². The van der Waals surface area contributed by atoms with Gasteiger partial charge >= 0.3 is 12.4 Å². The molecule has 1 aliphatic carbocycles. The molecule has 0 saturated heterocycles. The highest BCUT2D eigenvalue weighted by atomic mass is 79.9. The fourth-order valence-electron chi connectivity index (χ4n) is 9.31. The molecule has 0 N–H and O–H groups in total. The zero-order valence-corrected chi connectivity index (χ0v) is 63.0. The van der Waals surface area contributed by atoms with E-state index in [1.165, 1.54) is 6.92 Å². The van der Waals surface area contributed by atoms with Crippen LogP contribution in [0, 0.1) is 6.92 Å². The fraction of sp³-hybridized carbons (Fsp3) is 0.456. The first-order valence-electron chi connectivity index (χ1n) is 31.1. The molecule has 7 aromatic rings. The lowest BCUT2D eigenvalue weighted by Crippen LogP contribution is -2.16. The lowest BCUT2D eigenvalue weighted by molar-refractivity contribution is -0.137. The standard InChI is InChI=1S/C18H17F6NO2S.C16H18ClNO2S.C13H19NO2S.C11H17NO2S.C10H14BrNO2S/c1-4-28(26,27)14-9-13(18(22,23)24)16(25-15(14)10(2)3)11-6-5-7-12(8-11)17(19,20)21;1-4-21(19,20)15-9-13(10-18-16(15)11(2)3)12-5-7-14(17)8-6-12;1-4-17(15,16)12-7-11(10-5-6-10)8-14-13(12)9(2)3;1-5-15(13,14)10-6-9(4)7-12-11(10)8(2)3;1-4-15(13,14)9-5-8(11)6-12-10(9)7(2)3/h5-10H,4H2,1-3H3;5-11H,4H2,1-3H3;7-10H,4-6H2,1-3H3;6-8H,5H2,1-4H3;5-7H,4H2,1-3H3. The number of hydrogen-bond acceptors (Lipinski definition) is 15. The molecular formula is C68H85BrClF6N5O10S5. The Hall–Kier alpha value is -5.71. The molecule has 28 heteroatoms. The van der Waals surface area contributed by atoms with Crippen LogP contribution in [0.1, 0.15) is 203 Å². The van der Waals surface area contributed by atoms with Crippen molar-refractivity contribution in [2.45, 2.75) is 196 Å². The number of pyridine rings is 5. The number of aryl methyl sites for hydroxylation is 1. The largest absolute Gasteiger partial charge is 0.418 e. The highest BCUT2D eigenvalue weighted by Crippen LogP contribution is 2.43. The van der Waals surface area contributed by atoms with Gasteiger partial charge in [0.05, 0.1) is 98.5 Å². The van der Waals surface area contributed by atoms with Gasteiger partial charge in [0.2, 0.25) is 0 Å². The SMILES string of the molecule is CCS(=O)(=O)c1cc(-c2ccc(Cl)cc2)cnc1C(C)C.CCS(=O)(=O)c1cc(Br)cnc1C(C)C.CCS(=O)(=O)c1cc(C(F)(F)F)c(-c2cccc(C(F)(F)F)c2)nc1C(C)C.CCS(=O)(=O)c1cc(C)cnc1C(C)C.CCS(=O)(=O)c1cc(C2CC2)cnc1C(C)C. The Morgan fingerprint density at radius 2 is 0.833 bits per heavy atom. The summed E-state index contributed by atoms with van der Waals surface area (Å²) in [5.41, 5.74) is 2.49. The normalized spacial score (nSPS) is 13.1. The van der Waals surface area contributed by atoms with Crippen LogP contribution in [-0.2, 0) is 61.5 Å². The summed E-state index contributed by atoms with van der Waals surface area (Å²) in [6.45, 7) is 28.5. The van der Waals surface area contributed by atoms with Crippen molar-refractivity contribution >= 4 is 76.7 Å². The lowest BCUT2D eigenvalue weighted by Gasteiger charge is -2.19. The second kappa shape index (κ2) is 33.9. The molecule has 1 aliphatic rings. The minimum absolute atomic E-state index is 0.0561. The van der Waals surface area contributed by atoms with Crippen molar-refractivity contribution in [3.05, 3.63) is 164 Å². The van der Waals surface area contributed by atoms with Gasteiger partial charge in [-0.3, -0.25) is 24.9 Å². The Labute approximate surface area is 576 Å². The van der Waals surface area contributed by atoms with E-state index in [1.54, 1.807) is 90.5 Å². The van der Waals surface area contributed by atoms with E-state index in [-0.39, 0.29) is 52.4 Å². The molecule has 0 aliphatic heterocycles. The first-order chi connectivity index (χ1) is 44.2. The summed E-state index contributed by atoms with van der Waals surface area (Å²) >= 11 is 9.12. The lowest BCUT2D eigenvalue weighted by atomic mass is 10.00. The molecule has 2 aromatic carbocycles. The average molecular weight is 1520 g/mol. The number of sulfone groups is 5. The highest BCUT2D eigenvalue weighted by molar-refractivity contribution is 9.10. The first-order valence-corrected chi connectivity index (χ1v) is 40.5. The Morgan fingerprint density at radius 1 is 0.448 bits per heavy atom. The molecule has 0 atom stereocenters. The maximum atomic E-state index is 13.6. The number of halogens is 8. The van der Waals surface area contributed by atoms with Crippen LogP contribution in [0.5, 0.6) is 0 Å². The molecule has 1 saturated carbocycles. The van der Waals surface area contributed by atoms with Crippen LogP contribution in [-0.4, -0.2) is 95.8 Å². The molecule has 0 amide bonds. The molecule has 1 fully saturated rings. The molecule has 8 rings (SSSR count). The molecule has 528 valence electrons. The summed E-state index contributed by atoms with van der Waals surface area (Å²) < 4.78 is 201. The summed E-state index contributed by atoms with van der Waals surface area (Å²) in [6, 6.07) is 18.0. The smallest absolute Gasteiger partial charge is 0.259 e. The van der Waals surface area contributed by atoms with Crippen LogP contribution in [0.4, 0.5) is 26.3 Å². The summed E-state index contributed by atoms with van der Waals surface area (Å²) in [4.78, 5) is 22.0. The molecular weight excluding hydrogens is 1440 g/mol. The zero-order valence-electron chi connectivity index (χ0n) is 56.6. The van der Waals surface area contributed by atoms with E-state index in [9.17, 15) is 68.4 Å². The predicted molar refractivity (Wildman–Crippen MR) is 371 cm³/mol. The van der Waals surface area contributed by atoms with Gasteiger partial charge in [0, 0.05) is 45.4 Å². The number of alkyl halides is 6. The van der Waals surface area contributed by atoms with Crippen molar-refractivity contribution in [2.24, 2.45) is 0 Å². The van der Waals surface area contributed by atoms with Gasteiger partial charge in [-0.2, -0.15) is 26.3 Å². The van der Waals surface area contributed by atoms with Gasteiger partial charge in [-0.1, -0.05) is 140 Å². The molecule has 0 radical (unpaired) electrons. The van der Waals surface area contributed by atoms with Crippen molar-refractivity contribution in [2.75, 3.05) is 28.8 Å². The van der Waals surface area contributed by atoms with Crippen LogP contribution in [0.2, 0.25) is 5.02 Å². The third-order valence-electron chi connectivity index (χ3n) is 15.0. The number of hydrogen-bond donors (Lipinski definition) is 0. The Morgan fingerprint density at radius 3 is 1.24 bits per heavy atom. The van der Waals surface area contributed by atoms with E-state index in [2.05, 4.69) is 40.8 Å². The molecule has 0 unspecified atom stereocenters. The van der Waals surface area contributed by atoms with Gasteiger partial charge in [0.15, 0.2) is 49.2 Å². The monoisotopic (exact) mass is 1520 g/mol. The summed E-state index contributed by atoms with van der Waals surface area (Å²) in [6.07, 6.45) is -0.531. The summed E-state index contributed by atoms with van der Waals surface area (Å²) in [5.74, 6) is 0.396. The summed E-state index contributed by atoms with van der Waals surface area (Å²) in [5, 5.41) is 0.645.